The van der Waals surface area contributed by atoms with Crippen molar-refractivity contribution in [1.29, 1.82) is 0 Å². The fourth-order valence-electron chi connectivity index (χ4n) is 5.07. The summed E-state index contributed by atoms with van der Waals surface area (Å²) in [6.45, 7) is 13.4. The Balaban J connectivity index is 1.85. The summed E-state index contributed by atoms with van der Waals surface area (Å²) in [7, 11) is -1.29. The topological polar surface area (TPSA) is 17.1 Å². The molecule has 0 amide bonds. The zero-order valence-corrected chi connectivity index (χ0v) is 20.1. The molecule has 1 nitrogen and oxygen atoms in total. The van der Waals surface area contributed by atoms with E-state index in [2.05, 4.69) is 88.1 Å². The number of carbonyl (C=O) groups excluding carboxylic acids is 1. The molecular weight excluding hydrogens is 380 g/mol. The molecular formula is C28H32OSi. The van der Waals surface area contributed by atoms with Gasteiger partial charge in [0, 0.05) is 11.0 Å². The van der Waals surface area contributed by atoms with Gasteiger partial charge in [0.25, 0.3) is 0 Å². The van der Waals surface area contributed by atoms with Crippen LogP contribution in [0.25, 0.3) is 22.3 Å². The Bertz CT molecular complexity index is 1110. The Morgan fingerprint density at radius 1 is 0.767 bits per heavy atom. The van der Waals surface area contributed by atoms with Gasteiger partial charge in [-0.25, -0.2) is 0 Å². The number of benzene rings is 3. The van der Waals surface area contributed by atoms with Crippen molar-refractivity contribution in [3.05, 3.63) is 77.4 Å². The minimum atomic E-state index is -1.29. The normalized spacial score (nSPS) is 14.3. The summed E-state index contributed by atoms with van der Waals surface area (Å²) in [5, 5.41) is 1.49. The molecule has 0 N–H and O–H groups in total. The summed E-state index contributed by atoms with van der Waals surface area (Å²) in [6.07, 6.45) is 2.06. The van der Waals surface area contributed by atoms with Gasteiger partial charge in [-0.15, -0.1) is 0 Å². The maximum Gasteiger partial charge on any atom is 0.159 e. The van der Waals surface area contributed by atoms with Crippen molar-refractivity contribution < 1.29 is 4.79 Å². The van der Waals surface area contributed by atoms with Crippen molar-refractivity contribution >= 4 is 19.0 Å². The monoisotopic (exact) mass is 412 g/mol. The number of Topliss-reactive ketones (excluding diaryl/α,β-unsaturated/α-hetero) is 1. The maximum atomic E-state index is 12.0. The number of hydrogen-bond acceptors (Lipinski definition) is 1. The summed E-state index contributed by atoms with van der Waals surface area (Å²) < 4.78 is 0. The average molecular weight is 413 g/mol. The number of hydrogen-bond donors (Lipinski definition) is 0. The van der Waals surface area contributed by atoms with Gasteiger partial charge in [0.1, 0.15) is 0 Å². The van der Waals surface area contributed by atoms with Crippen LogP contribution in [0.4, 0.5) is 0 Å². The number of carbonyl (C=O) groups is 1. The molecule has 0 unspecified atom stereocenters. The highest BCUT2D eigenvalue weighted by Gasteiger charge is 2.40. The van der Waals surface area contributed by atoms with E-state index < -0.39 is 8.07 Å². The Kier molecular flexibility index (Phi) is 5.10. The smallest absolute Gasteiger partial charge is 0.159 e. The largest absolute Gasteiger partial charge is 0.295 e. The number of rotatable bonds is 5. The van der Waals surface area contributed by atoms with Crippen molar-refractivity contribution in [3.63, 3.8) is 0 Å². The Hall–Kier alpha value is -2.45. The molecule has 0 spiro atoms. The highest BCUT2D eigenvalue weighted by Crippen LogP contribution is 2.53. The Labute approximate surface area is 182 Å². The van der Waals surface area contributed by atoms with Gasteiger partial charge in [-0.3, -0.25) is 4.79 Å². The fraction of sp³-hybridized carbons (Fsp3) is 0.321. The summed E-state index contributed by atoms with van der Waals surface area (Å²) >= 11 is 0. The molecule has 3 aromatic rings. The molecule has 154 valence electrons. The molecule has 0 aromatic heterocycles. The highest BCUT2D eigenvalue weighted by atomic mass is 28.3. The van der Waals surface area contributed by atoms with Crippen molar-refractivity contribution in [2.45, 2.75) is 58.7 Å². The van der Waals surface area contributed by atoms with Gasteiger partial charge in [-0.2, -0.15) is 0 Å². The predicted octanol–water partition coefficient (Wildman–Crippen LogP) is 7.19. The van der Waals surface area contributed by atoms with Crippen LogP contribution in [-0.4, -0.2) is 13.9 Å². The number of fused-ring (bicyclic) bond motifs is 3. The fourth-order valence-corrected chi connectivity index (χ4v) is 6.23. The summed E-state index contributed by atoms with van der Waals surface area (Å²) in [4.78, 5) is 12.0. The molecule has 0 bridgehead atoms. The third kappa shape index (κ3) is 3.18. The van der Waals surface area contributed by atoms with Crippen LogP contribution < -0.4 is 5.19 Å². The van der Waals surface area contributed by atoms with Gasteiger partial charge >= 0.3 is 0 Å². The lowest BCUT2D eigenvalue weighted by Gasteiger charge is -2.30. The molecule has 2 heteroatoms. The lowest BCUT2D eigenvalue weighted by atomic mass is 9.73. The van der Waals surface area contributed by atoms with Gasteiger partial charge in [-0.05, 0) is 65.3 Å². The molecule has 0 fully saturated rings. The van der Waals surface area contributed by atoms with E-state index in [0.717, 1.165) is 18.4 Å². The van der Waals surface area contributed by atoms with Crippen LogP contribution in [0.1, 0.15) is 55.1 Å². The second-order valence-corrected chi connectivity index (χ2v) is 14.8. The molecule has 4 rings (SSSR count). The van der Waals surface area contributed by atoms with E-state index in [0.29, 0.717) is 0 Å². The highest BCUT2D eigenvalue weighted by molar-refractivity contribution is 6.88. The van der Waals surface area contributed by atoms with E-state index in [1.165, 1.54) is 38.6 Å². The molecule has 0 radical (unpaired) electrons. The van der Waals surface area contributed by atoms with Crippen LogP contribution >= 0.6 is 0 Å². The standard InChI is InChI=1S/C28H32OSi/c1-7-28(8-2)26-17-21(19(3)29)11-15-24(26)25-16-12-22(18-27(25)28)20-9-13-23(14-10-20)30(4,5)6/h9-18H,7-8H2,1-6H3. The van der Waals surface area contributed by atoms with Gasteiger partial charge < -0.3 is 0 Å². The van der Waals surface area contributed by atoms with Crippen LogP contribution in [0.5, 0.6) is 0 Å². The molecule has 0 saturated carbocycles. The molecule has 3 aromatic carbocycles. The predicted molar refractivity (Wildman–Crippen MR) is 132 cm³/mol. The molecule has 0 saturated heterocycles. The van der Waals surface area contributed by atoms with Gasteiger partial charge in [-0.1, -0.05) is 87.2 Å². The third-order valence-electron chi connectivity index (χ3n) is 7.06. The summed E-state index contributed by atoms with van der Waals surface area (Å²) in [5.41, 5.74) is 8.70. The quantitative estimate of drug-likeness (QED) is 0.320. The van der Waals surface area contributed by atoms with Crippen LogP contribution in [-0.2, 0) is 5.41 Å². The van der Waals surface area contributed by atoms with Crippen molar-refractivity contribution in [1.82, 2.24) is 0 Å². The summed E-state index contributed by atoms with van der Waals surface area (Å²) in [5.74, 6) is 0.137. The zero-order chi connectivity index (χ0) is 21.7. The lowest BCUT2D eigenvalue weighted by Crippen LogP contribution is -2.37. The number of ketones is 1. The van der Waals surface area contributed by atoms with Crippen LogP contribution in [0, 0.1) is 0 Å². The SMILES string of the molecule is CCC1(CC)c2cc(C(C)=O)ccc2-c2ccc(-c3ccc([Si](C)(C)C)cc3)cc21. The average Bonchev–Trinajstić information content (AvgIpc) is 3.02. The first-order chi connectivity index (χ1) is 14.2. The van der Waals surface area contributed by atoms with Gasteiger partial charge in [0.05, 0.1) is 8.07 Å². The minimum absolute atomic E-state index is 0.0234. The molecule has 0 aliphatic heterocycles. The van der Waals surface area contributed by atoms with Crippen LogP contribution in [0.15, 0.2) is 60.7 Å². The van der Waals surface area contributed by atoms with E-state index in [1.54, 1.807) is 6.92 Å². The third-order valence-corrected chi connectivity index (χ3v) is 9.12. The second-order valence-electron chi connectivity index (χ2n) is 9.69. The molecule has 1 aliphatic rings. The van der Waals surface area contributed by atoms with E-state index in [9.17, 15) is 4.79 Å². The Morgan fingerprint density at radius 3 is 1.83 bits per heavy atom. The van der Waals surface area contributed by atoms with Crippen LogP contribution in [0.3, 0.4) is 0 Å². The van der Waals surface area contributed by atoms with Crippen molar-refractivity contribution in [2.24, 2.45) is 0 Å². The van der Waals surface area contributed by atoms with Gasteiger partial charge in [0.2, 0.25) is 0 Å². The molecule has 30 heavy (non-hydrogen) atoms. The lowest BCUT2D eigenvalue weighted by molar-refractivity contribution is 0.101. The first-order valence-electron chi connectivity index (χ1n) is 11.1. The Morgan fingerprint density at radius 2 is 1.30 bits per heavy atom. The molecule has 0 heterocycles. The van der Waals surface area contributed by atoms with Gasteiger partial charge in [0.15, 0.2) is 5.78 Å². The van der Waals surface area contributed by atoms with E-state index >= 15 is 0 Å². The van der Waals surface area contributed by atoms with Crippen LogP contribution in [0.2, 0.25) is 19.6 Å². The molecule has 0 atom stereocenters. The first kappa shape index (κ1) is 20.8. The summed E-state index contributed by atoms with van der Waals surface area (Å²) in [6, 6.07) is 22.4. The first-order valence-corrected chi connectivity index (χ1v) is 14.6. The van der Waals surface area contributed by atoms with Crippen molar-refractivity contribution in [3.8, 4) is 22.3 Å². The van der Waals surface area contributed by atoms with E-state index in [4.69, 9.17) is 0 Å². The van der Waals surface area contributed by atoms with E-state index in [-0.39, 0.29) is 11.2 Å². The maximum absolute atomic E-state index is 12.0. The molecule has 1 aliphatic carbocycles. The van der Waals surface area contributed by atoms with Crippen molar-refractivity contribution in [2.75, 3.05) is 0 Å². The van der Waals surface area contributed by atoms with E-state index in [1.807, 2.05) is 6.07 Å². The second kappa shape index (κ2) is 7.35. The zero-order valence-electron chi connectivity index (χ0n) is 19.1. The minimum Gasteiger partial charge on any atom is -0.295 e.